The van der Waals surface area contributed by atoms with Crippen molar-refractivity contribution in [3.63, 3.8) is 0 Å². The molecule has 0 bridgehead atoms. The Bertz CT molecular complexity index is 729. The highest BCUT2D eigenvalue weighted by molar-refractivity contribution is 5.95. The largest absolute Gasteiger partial charge is 0.361 e. The minimum atomic E-state index is -0.525. The fraction of sp³-hybridized carbons (Fsp3) is 0.619. The molecule has 5 nitrogen and oxygen atoms in total. The van der Waals surface area contributed by atoms with Crippen molar-refractivity contribution in [2.75, 3.05) is 31.1 Å². The molecule has 0 aromatic heterocycles. The Balaban J connectivity index is 1.48. The number of amides is 2. The second-order valence-corrected chi connectivity index (χ2v) is 8.53. The first-order valence-corrected chi connectivity index (χ1v) is 9.90. The summed E-state index contributed by atoms with van der Waals surface area (Å²) >= 11 is 0. The molecule has 2 heterocycles. The van der Waals surface area contributed by atoms with E-state index in [2.05, 4.69) is 6.92 Å². The van der Waals surface area contributed by atoms with Crippen LogP contribution in [0.3, 0.4) is 0 Å². The van der Waals surface area contributed by atoms with Gasteiger partial charge in [0.15, 0.2) is 0 Å². The van der Waals surface area contributed by atoms with Crippen LogP contribution in [0.15, 0.2) is 24.3 Å². The first-order valence-electron chi connectivity index (χ1n) is 9.90. The average Bonchev–Trinajstić information content (AvgIpc) is 3.08. The maximum absolute atomic E-state index is 13.2. The molecule has 6 heteroatoms. The van der Waals surface area contributed by atoms with E-state index < -0.39 is 5.60 Å². The molecule has 1 unspecified atom stereocenters. The van der Waals surface area contributed by atoms with Gasteiger partial charge >= 0.3 is 0 Å². The predicted molar refractivity (Wildman–Crippen MR) is 99.8 cm³/mol. The number of ether oxygens (including phenoxy) is 1. The predicted octanol–water partition coefficient (Wildman–Crippen LogP) is 3.13. The summed E-state index contributed by atoms with van der Waals surface area (Å²) in [6, 6.07) is 5.96. The third-order valence-electron chi connectivity index (χ3n) is 6.46. The SMILES string of the molecule is CC1(C(=O)N2CCC3(C2)CN(c2ccc(F)cc2)C(=O)CO3)CCCCC1. The number of hydrogen-bond acceptors (Lipinski definition) is 3. The van der Waals surface area contributed by atoms with Crippen molar-refractivity contribution >= 4 is 17.5 Å². The van der Waals surface area contributed by atoms with Crippen LogP contribution in [0.5, 0.6) is 0 Å². The summed E-state index contributed by atoms with van der Waals surface area (Å²) in [7, 11) is 0. The lowest BCUT2D eigenvalue weighted by Gasteiger charge is -2.41. The van der Waals surface area contributed by atoms with Gasteiger partial charge in [0, 0.05) is 17.6 Å². The molecule has 3 fully saturated rings. The molecule has 1 spiro atoms. The monoisotopic (exact) mass is 374 g/mol. The van der Waals surface area contributed by atoms with Crippen molar-refractivity contribution in [1.82, 2.24) is 4.90 Å². The molecule has 3 aliphatic rings. The number of carbonyl (C=O) groups is 2. The smallest absolute Gasteiger partial charge is 0.253 e. The molecule has 146 valence electrons. The molecule has 0 radical (unpaired) electrons. The Labute approximate surface area is 159 Å². The van der Waals surface area contributed by atoms with Crippen molar-refractivity contribution in [3.05, 3.63) is 30.1 Å². The summed E-state index contributed by atoms with van der Waals surface area (Å²) in [5.41, 5.74) is -0.110. The first kappa shape index (κ1) is 18.4. The molecule has 2 amide bonds. The zero-order valence-electron chi connectivity index (χ0n) is 15.9. The molecule has 1 saturated carbocycles. The highest BCUT2D eigenvalue weighted by Gasteiger charge is 2.49. The van der Waals surface area contributed by atoms with Crippen LogP contribution in [0.1, 0.15) is 45.4 Å². The Morgan fingerprint density at radius 1 is 1.07 bits per heavy atom. The molecule has 1 atom stereocenters. The summed E-state index contributed by atoms with van der Waals surface area (Å²) < 4.78 is 19.2. The van der Waals surface area contributed by atoms with Gasteiger partial charge in [-0.3, -0.25) is 9.59 Å². The minimum absolute atomic E-state index is 0.00330. The van der Waals surface area contributed by atoms with Crippen molar-refractivity contribution in [1.29, 1.82) is 0 Å². The number of rotatable bonds is 2. The van der Waals surface area contributed by atoms with Crippen LogP contribution < -0.4 is 4.90 Å². The zero-order valence-corrected chi connectivity index (χ0v) is 15.9. The summed E-state index contributed by atoms with van der Waals surface area (Å²) in [6.45, 7) is 3.68. The maximum atomic E-state index is 13.2. The van der Waals surface area contributed by atoms with Gasteiger partial charge in [-0.2, -0.15) is 0 Å². The van der Waals surface area contributed by atoms with E-state index in [9.17, 15) is 14.0 Å². The standard InChI is InChI=1S/C21H27FN2O3/c1-20(9-3-2-4-10-20)19(26)23-12-11-21(14-23)15-24(18(25)13-27-21)17-7-5-16(22)6-8-17/h5-8H,2-4,9-15H2,1H3. The summed E-state index contributed by atoms with van der Waals surface area (Å²) in [5.74, 6) is -0.225. The Morgan fingerprint density at radius 2 is 1.78 bits per heavy atom. The second kappa shape index (κ2) is 6.89. The van der Waals surface area contributed by atoms with E-state index >= 15 is 0 Å². The van der Waals surface area contributed by atoms with E-state index in [-0.39, 0.29) is 29.7 Å². The third kappa shape index (κ3) is 3.47. The Morgan fingerprint density at radius 3 is 2.48 bits per heavy atom. The number of hydrogen-bond donors (Lipinski definition) is 0. The molecule has 4 rings (SSSR count). The molecule has 1 aliphatic carbocycles. The average molecular weight is 374 g/mol. The maximum Gasteiger partial charge on any atom is 0.253 e. The number of carbonyl (C=O) groups excluding carboxylic acids is 2. The van der Waals surface area contributed by atoms with E-state index in [4.69, 9.17) is 4.74 Å². The van der Waals surface area contributed by atoms with Gasteiger partial charge in [0.25, 0.3) is 5.91 Å². The van der Waals surface area contributed by atoms with Crippen LogP contribution in [-0.2, 0) is 14.3 Å². The van der Waals surface area contributed by atoms with E-state index in [1.54, 1.807) is 17.0 Å². The van der Waals surface area contributed by atoms with Crippen LogP contribution in [0.2, 0.25) is 0 Å². The van der Waals surface area contributed by atoms with E-state index in [1.165, 1.54) is 18.6 Å². The van der Waals surface area contributed by atoms with Gasteiger partial charge < -0.3 is 14.5 Å². The number of morpholine rings is 1. The summed E-state index contributed by atoms with van der Waals surface area (Å²) in [6.07, 6.45) is 6.08. The molecule has 2 saturated heterocycles. The minimum Gasteiger partial charge on any atom is -0.361 e. The highest BCUT2D eigenvalue weighted by atomic mass is 19.1. The van der Waals surface area contributed by atoms with Crippen molar-refractivity contribution in [3.8, 4) is 0 Å². The number of likely N-dealkylation sites (tertiary alicyclic amines) is 1. The van der Waals surface area contributed by atoms with Crippen LogP contribution in [0, 0.1) is 11.2 Å². The van der Waals surface area contributed by atoms with E-state index in [0.29, 0.717) is 25.3 Å². The lowest BCUT2D eigenvalue weighted by atomic mass is 9.74. The molecule has 0 N–H and O–H groups in total. The van der Waals surface area contributed by atoms with Crippen LogP contribution >= 0.6 is 0 Å². The van der Waals surface area contributed by atoms with Crippen LogP contribution in [0.4, 0.5) is 10.1 Å². The van der Waals surface area contributed by atoms with Gasteiger partial charge in [-0.05, 0) is 43.5 Å². The summed E-state index contributed by atoms with van der Waals surface area (Å²) in [4.78, 5) is 29.1. The van der Waals surface area contributed by atoms with Gasteiger partial charge in [-0.1, -0.05) is 26.2 Å². The second-order valence-electron chi connectivity index (χ2n) is 8.53. The van der Waals surface area contributed by atoms with Crippen LogP contribution in [0.25, 0.3) is 0 Å². The van der Waals surface area contributed by atoms with Crippen molar-refractivity contribution in [2.24, 2.45) is 5.41 Å². The third-order valence-corrected chi connectivity index (χ3v) is 6.46. The number of halogens is 1. The normalized spacial score (nSPS) is 28.0. The molecular formula is C21H27FN2O3. The van der Waals surface area contributed by atoms with Gasteiger partial charge in [0.05, 0.1) is 13.1 Å². The van der Waals surface area contributed by atoms with Crippen molar-refractivity contribution in [2.45, 2.75) is 51.0 Å². The van der Waals surface area contributed by atoms with Gasteiger partial charge in [0.2, 0.25) is 5.91 Å². The molecular weight excluding hydrogens is 347 g/mol. The molecule has 1 aromatic carbocycles. The Kier molecular flexibility index (Phi) is 4.70. The fourth-order valence-corrected chi connectivity index (χ4v) is 4.76. The van der Waals surface area contributed by atoms with E-state index in [0.717, 1.165) is 32.1 Å². The first-order chi connectivity index (χ1) is 12.9. The fourth-order valence-electron chi connectivity index (χ4n) is 4.76. The van der Waals surface area contributed by atoms with E-state index in [1.807, 2.05) is 4.90 Å². The topological polar surface area (TPSA) is 49.9 Å². The molecule has 27 heavy (non-hydrogen) atoms. The molecule has 2 aliphatic heterocycles. The number of benzene rings is 1. The quantitative estimate of drug-likeness (QED) is 0.799. The summed E-state index contributed by atoms with van der Waals surface area (Å²) in [5, 5.41) is 0. The lowest BCUT2D eigenvalue weighted by molar-refractivity contribution is -0.145. The van der Waals surface area contributed by atoms with Crippen molar-refractivity contribution < 1.29 is 18.7 Å². The molecule has 1 aromatic rings. The number of anilines is 1. The van der Waals surface area contributed by atoms with Gasteiger partial charge in [-0.15, -0.1) is 0 Å². The number of nitrogens with zero attached hydrogens (tertiary/aromatic N) is 2. The highest BCUT2D eigenvalue weighted by Crippen LogP contribution is 2.40. The zero-order chi connectivity index (χ0) is 19.1. The van der Waals surface area contributed by atoms with Gasteiger partial charge in [0.1, 0.15) is 18.0 Å². The lowest BCUT2D eigenvalue weighted by Crippen LogP contribution is -2.56. The van der Waals surface area contributed by atoms with Gasteiger partial charge in [-0.25, -0.2) is 4.39 Å². The van der Waals surface area contributed by atoms with Crippen LogP contribution in [-0.4, -0.2) is 48.6 Å². The Hall–Kier alpha value is -1.95.